The van der Waals surface area contributed by atoms with Gasteiger partial charge in [0.05, 0.1) is 0 Å². The lowest BCUT2D eigenvalue weighted by atomic mass is 10.00. The van der Waals surface area contributed by atoms with Gasteiger partial charge in [-0.2, -0.15) is 0 Å². The summed E-state index contributed by atoms with van der Waals surface area (Å²) in [5.74, 6) is -0.612. The highest BCUT2D eigenvalue weighted by Crippen LogP contribution is 2.18. The SMILES string of the molecule is CC(CCC(=O)O)CNC(=O)N1CCN(C)C(C)(C)C1. The van der Waals surface area contributed by atoms with Gasteiger partial charge in [-0.1, -0.05) is 6.92 Å². The van der Waals surface area contributed by atoms with Crippen molar-refractivity contribution in [1.82, 2.24) is 15.1 Å². The van der Waals surface area contributed by atoms with Crippen LogP contribution in [-0.2, 0) is 4.79 Å². The van der Waals surface area contributed by atoms with Gasteiger partial charge in [-0.25, -0.2) is 4.79 Å². The van der Waals surface area contributed by atoms with Gasteiger partial charge in [-0.05, 0) is 33.2 Å². The van der Waals surface area contributed by atoms with Crippen molar-refractivity contribution in [2.24, 2.45) is 5.92 Å². The van der Waals surface area contributed by atoms with Gasteiger partial charge >= 0.3 is 12.0 Å². The summed E-state index contributed by atoms with van der Waals surface area (Å²) in [6, 6.07) is -0.0478. The average molecular weight is 285 g/mol. The molecule has 116 valence electrons. The highest BCUT2D eigenvalue weighted by Gasteiger charge is 2.33. The van der Waals surface area contributed by atoms with E-state index >= 15 is 0 Å². The van der Waals surface area contributed by atoms with Crippen LogP contribution in [0, 0.1) is 5.92 Å². The van der Waals surface area contributed by atoms with Crippen molar-refractivity contribution in [3.05, 3.63) is 0 Å². The van der Waals surface area contributed by atoms with E-state index in [0.29, 0.717) is 19.5 Å². The Morgan fingerprint density at radius 3 is 2.55 bits per heavy atom. The Kier molecular flexibility index (Phi) is 5.80. The third-order valence-corrected chi connectivity index (χ3v) is 4.06. The zero-order chi connectivity index (χ0) is 15.3. The molecule has 1 aliphatic rings. The minimum atomic E-state index is -0.788. The Balaban J connectivity index is 2.34. The van der Waals surface area contributed by atoms with Crippen molar-refractivity contribution in [2.45, 2.75) is 39.2 Å². The van der Waals surface area contributed by atoms with E-state index in [1.54, 1.807) is 0 Å². The molecule has 0 bridgehead atoms. The van der Waals surface area contributed by atoms with Crippen molar-refractivity contribution >= 4 is 12.0 Å². The van der Waals surface area contributed by atoms with Gasteiger partial charge in [0.15, 0.2) is 0 Å². The summed E-state index contributed by atoms with van der Waals surface area (Å²) in [6.07, 6.45) is 0.739. The minimum Gasteiger partial charge on any atom is -0.481 e. The first-order chi connectivity index (χ1) is 9.22. The molecule has 6 heteroatoms. The summed E-state index contributed by atoms with van der Waals surface area (Å²) in [7, 11) is 2.07. The molecule has 0 aromatic heterocycles. The Bertz CT molecular complexity index is 358. The summed E-state index contributed by atoms with van der Waals surface area (Å²) >= 11 is 0. The Morgan fingerprint density at radius 2 is 2.00 bits per heavy atom. The van der Waals surface area contributed by atoms with Crippen molar-refractivity contribution in [3.63, 3.8) is 0 Å². The third-order valence-electron chi connectivity index (χ3n) is 4.06. The largest absolute Gasteiger partial charge is 0.481 e. The molecule has 1 heterocycles. The lowest BCUT2D eigenvalue weighted by Crippen LogP contribution is -2.60. The van der Waals surface area contributed by atoms with Crippen LogP contribution in [0.15, 0.2) is 0 Å². The van der Waals surface area contributed by atoms with E-state index in [-0.39, 0.29) is 23.9 Å². The molecule has 1 aliphatic heterocycles. The Morgan fingerprint density at radius 1 is 1.35 bits per heavy atom. The molecule has 2 N–H and O–H groups in total. The first-order valence-electron chi connectivity index (χ1n) is 7.18. The maximum Gasteiger partial charge on any atom is 0.317 e. The second kappa shape index (κ2) is 6.92. The van der Waals surface area contributed by atoms with Crippen LogP contribution in [0.25, 0.3) is 0 Å². The van der Waals surface area contributed by atoms with Gasteiger partial charge in [-0.15, -0.1) is 0 Å². The molecular formula is C14H27N3O3. The number of piperazine rings is 1. The maximum atomic E-state index is 12.1. The van der Waals surface area contributed by atoms with Crippen molar-refractivity contribution in [2.75, 3.05) is 33.2 Å². The van der Waals surface area contributed by atoms with Gasteiger partial charge in [0.1, 0.15) is 0 Å². The van der Waals surface area contributed by atoms with Crippen LogP contribution in [0.2, 0.25) is 0 Å². The molecule has 0 saturated carbocycles. The highest BCUT2D eigenvalue weighted by molar-refractivity contribution is 5.74. The van der Waals surface area contributed by atoms with Gasteiger partial charge < -0.3 is 15.3 Å². The molecule has 0 radical (unpaired) electrons. The zero-order valence-electron chi connectivity index (χ0n) is 13.0. The van der Waals surface area contributed by atoms with Gasteiger partial charge in [0, 0.05) is 38.1 Å². The third kappa shape index (κ3) is 5.00. The Labute approximate surface area is 121 Å². The van der Waals surface area contributed by atoms with Crippen LogP contribution in [-0.4, -0.2) is 65.7 Å². The number of carbonyl (C=O) groups excluding carboxylic acids is 1. The number of carbonyl (C=O) groups is 2. The molecule has 1 saturated heterocycles. The van der Waals surface area contributed by atoms with E-state index in [1.807, 2.05) is 11.8 Å². The summed E-state index contributed by atoms with van der Waals surface area (Å²) in [6.45, 7) is 9.04. The van der Waals surface area contributed by atoms with Crippen LogP contribution in [0.1, 0.15) is 33.6 Å². The van der Waals surface area contributed by atoms with Crippen molar-refractivity contribution in [3.8, 4) is 0 Å². The van der Waals surface area contributed by atoms with E-state index in [4.69, 9.17) is 5.11 Å². The highest BCUT2D eigenvalue weighted by atomic mass is 16.4. The summed E-state index contributed by atoms with van der Waals surface area (Å²) in [4.78, 5) is 26.7. The number of amides is 2. The molecule has 0 spiro atoms. The molecule has 0 aromatic carbocycles. The minimum absolute atomic E-state index is 0.00941. The molecule has 1 rings (SSSR count). The molecule has 1 atom stereocenters. The number of nitrogens with one attached hydrogen (secondary N) is 1. The van der Waals surface area contributed by atoms with E-state index in [9.17, 15) is 9.59 Å². The van der Waals surface area contributed by atoms with Gasteiger partial charge in [0.25, 0.3) is 0 Å². The number of hydrogen-bond donors (Lipinski definition) is 2. The van der Waals surface area contributed by atoms with Crippen molar-refractivity contribution < 1.29 is 14.7 Å². The second-order valence-electron chi connectivity index (χ2n) is 6.38. The quantitative estimate of drug-likeness (QED) is 0.796. The molecule has 0 aliphatic carbocycles. The molecule has 0 aromatic rings. The first-order valence-corrected chi connectivity index (χ1v) is 7.18. The number of aliphatic carboxylic acids is 1. The number of carboxylic acids is 1. The monoisotopic (exact) mass is 285 g/mol. The fourth-order valence-corrected chi connectivity index (χ4v) is 2.26. The predicted octanol–water partition coefficient (Wildman–Crippen LogP) is 1.22. The summed E-state index contributed by atoms with van der Waals surface area (Å²) in [5, 5.41) is 11.5. The standard InChI is InChI=1S/C14H27N3O3/c1-11(5-6-12(18)19)9-15-13(20)17-8-7-16(4)14(2,3)10-17/h11H,5-10H2,1-4H3,(H,15,20)(H,18,19). The fourth-order valence-electron chi connectivity index (χ4n) is 2.26. The fraction of sp³-hybridized carbons (Fsp3) is 0.857. The molecule has 1 unspecified atom stereocenters. The smallest absolute Gasteiger partial charge is 0.317 e. The zero-order valence-corrected chi connectivity index (χ0v) is 13.0. The molecule has 20 heavy (non-hydrogen) atoms. The number of nitrogens with zero attached hydrogens (tertiary/aromatic N) is 2. The van der Waals surface area contributed by atoms with E-state index < -0.39 is 5.97 Å². The predicted molar refractivity (Wildman–Crippen MR) is 77.7 cm³/mol. The number of rotatable bonds is 5. The molecular weight excluding hydrogens is 258 g/mol. The number of carboxylic acid groups (broad SMARTS) is 1. The molecule has 2 amide bonds. The number of likely N-dealkylation sites (N-methyl/N-ethyl adjacent to an activating group) is 1. The lowest BCUT2D eigenvalue weighted by molar-refractivity contribution is -0.137. The first kappa shape index (κ1) is 16.8. The van der Waals surface area contributed by atoms with Gasteiger partial charge in [0.2, 0.25) is 0 Å². The number of urea groups is 1. The second-order valence-corrected chi connectivity index (χ2v) is 6.38. The average Bonchev–Trinajstić information content (AvgIpc) is 2.36. The van der Waals surface area contributed by atoms with Crippen LogP contribution in [0.3, 0.4) is 0 Å². The van der Waals surface area contributed by atoms with E-state index in [1.165, 1.54) is 0 Å². The van der Waals surface area contributed by atoms with Crippen LogP contribution in [0.4, 0.5) is 4.79 Å². The van der Waals surface area contributed by atoms with Gasteiger partial charge in [-0.3, -0.25) is 9.69 Å². The molecule has 1 fully saturated rings. The topological polar surface area (TPSA) is 72.9 Å². The van der Waals surface area contributed by atoms with E-state index in [0.717, 1.165) is 13.1 Å². The van der Waals surface area contributed by atoms with Crippen LogP contribution < -0.4 is 5.32 Å². The van der Waals surface area contributed by atoms with Crippen molar-refractivity contribution in [1.29, 1.82) is 0 Å². The lowest BCUT2D eigenvalue weighted by Gasteiger charge is -2.45. The van der Waals surface area contributed by atoms with Crippen LogP contribution >= 0.6 is 0 Å². The normalized spacial score (nSPS) is 20.5. The van der Waals surface area contributed by atoms with Crippen LogP contribution in [0.5, 0.6) is 0 Å². The number of hydrogen-bond acceptors (Lipinski definition) is 3. The Hall–Kier alpha value is -1.30. The summed E-state index contributed by atoms with van der Waals surface area (Å²) < 4.78 is 0. The summed E-state index contributed by atoms with van der Waals surface area (Å²) in [5.41, 5.74) is -0.00941. The maximum absolute atomic E-state index is 12.1. The van der Waals surface area contributed by atoms with E-state index in [2.05, 4.69) is 31.1 Å². The molecule has 6 nitrogen and oxygen atoms in total.